The maximum atomic E-state index is 12.5. The van der Waals surface area contributed by atoms with E-state index in [1.165, 1.54) is 28.9 Å². The monoisotopic (exact) mass is 453 g/mol. The van der Waals surface area contributed by atoms with E-state index >= 15 is 0 Å². The summed E-state index contributed by atoms with van der Waals surface area (Å²) in [6.07, 6.45) is 0. The predicted octanol–water partition coefficient (Wildman–Crippen LogP) is 4.34. The fourth-order valence-electron chi connectivity index (χ4n) is 2.53. The lowest BCUT2D eigenvalue weighted by atomic mass is 10.2. The van der Waals surface area contributed by atoms with Gasteiger partial charge in [0, 0.05) is 16.3 Å². The van der Waals surface area contributed by atoms with Crippen LogP contribution in [0.4, 0.5) is 14.5 Å². The Kier molecular flexibility index (Phi) is 6.78. The second-order valence-electron chi connectivity index (χ2n) is 6.24. The minimum Gasteiger partial charge on any atom is -0.435 e. The summed E-state index contributed by atoms with van der Waals surface area (Å²) in [5.41, 5.74) is 1.96. The number of anilines is 1. The Morgan fingerprint density at radius 2 is 1.93 bits per heavy atom. The molecule has 3 rings (SSSR count). The zero-order valence-electron chi connectivity index (χ0n) is 16.0. The summed E-state index contributed by atoms with van der Waals surface area (Å²) in [5, 5.41) is 11.2. The molecule has 0 aliphatic rings. The van der Waals surface area contributed by atoms with E-state index in [-0.39, 0.29) is 11.7 Å². The quantitative estimate of drug-likeness (QED) is 0.408. The molecule has 3 N–H and O–H groups in total. The number of nitrogen functional groups attached to an aromatic ring is 1. The highest BCUT2D eigenvalue weighted by Crippen LogP contribution is 2.28. The van der Waals surface area contributed by atoms with Gasteiger partial charge in [0.15, 0.2) is 5.82 Å². The number of nitrogens with two attached hydrogens (primary N) is 1. The molecule has 0 radical (unpaired) electrons. The molecule has 0 bridgehead atoms. The zero-order chi connectivity index (χ0) is 21.8. The molecule has 7 nitrogen and oxygen atoms in total. The number of aromatic nitrogens is 3. The second kappa shape index (κ2) is 9.31. The maximum absolute atomic E-state index is 12.5. The normalized spacial score (nSPS) is 12.1. The van der Waals surface area contributed by atoms with Gasteiger partial charge in [-0.15, -0.1) is 10.2 Å². The molecule has 0 aliphatic heterocycles. The molecule has 1 amide bonds. The third-order valence-electron chi connectivity index (χ3n) is 4.18. The number of ether oxygens (including phenoxy) is 1. The number of halogens is 3. The second-order valence-corrected chi connectivity index (χ2v) is 7.96. The lowest BCUT2D eigenvalue weighted by Crippen LogP contribution is -2.24. The first-order chi connectivity index (χ1) is 14.3. The van der Waals surface area contributed by atoms with Crippen molar-refractivity contribution in [2.45, 2.75) is 30.9 Å². The molecular weight excluding hydrogens is 436 g/mol. The summed E-state index contributed by atoms with van der Waals surface area (Å²) in [4.78, 5) is 12.5. The number of alkyl halides is 2. The zero-order valence-corrected chi connectivity index (χ0v) is 17.5. The van der Waals surface area contributed by atoms with Gasteiger partial charge in [0.1, 0.15) is 5.75 Å². The average molecular weight is 454 g/mol. The maximum Gasteiger partial charge on any atom is 0.387 e. The summed E-state index contributed by atoms with van der Waals surface area (Å²) in [5.74, 6) is 6.16. The van der Waals surface area contributed by atoms with E-state index in [0.717, 1.165) is 17.3 Å². The third-order valence-corrected chi connectivity index (χ3v) is 5.65. The van der Waals surface area contributed by atoms with Crippen LogP contribution in [0.5, 0.6) is 5.75 Å². The van der Waals surface area contributed by atoms with Crippen molar-refractivity contribution in [3.63, 3.8) is 0 Å². The van der Waals surface area contributed by atoms with Crippen molar-refractivity contribution < 1.29 is 18.3 Å². The number of hydrogen-bond acceptors (Lipinski definition) is 6. The SMILES string of the molecule is Cc1c(Cl)cccc1NC(=O)C(C)Sc1nnc(-c2ccc(OC(F)F)cc2)n1N. The Morgan fingerprint density at radius 3 is 2.60 bits per heavy atom. The fourth-order valence-corrected chi connectivity index (χ4v) is 3.47. The molecular formula is C19H18ClF2N5O2S. The molecule has 1 unspecified atom stereocenters. The molecule has 1 atom stereocenters. The molecule has 0 spiro atoms. The average Bonchev–Trinajstić information content (AvgIpc) is 3.06. The molecule has 158 valence electrons. The van der Waals surface area contributed by atoms with Gasteiger partial charge in [0.05, 0.1) is 5.25 Å². The number of hydrogen-bond donors (Lipinski definition) is 2. The highest BCUT2D eigenvalue weighted by molar-refractivity contribution is 8.00. The summed E-state index contributed by atoms with van der Waals surface area (Å²) in [7, 11) is 0. The molecule has 11 heteroatoms. The minimum atomic E-state index is -2.90. The van der Waals surface area contributed by atoms with E-state index in [1.54, 1.807) is 25.1 Å². The van der Waals surface area contributed by atoms with Gasteiger partial charge in [0.25, 0.3) is 0 Å². The van der Waals surface area contributed by atoms with Gasteiger partial charge in [-0.05, 0) is 55.8 Å². The van der Waals surface area contributed by atoms with E-state index in [0.29, 0.717) is 27.3 Å². The highest BCUT2D eigenvalue weighted by atomic mass is 35.5. The Morgan fingerprint density at radius 1 is 1.23 bits per heavy atom. The fraction of sp³-hybridized carbons (Fsp3) is 0.211. The van der Waals surface area contributed by atoms with Crippen LogP contribution >= 0.6 is 23.4 Å². The van der Waals surface area contributed by atoms with Crippen LogP contribution in [0.2, 0.25) is 5.02 Å². The van der Waals surface area contributed by atoms with Crippen LogP contribution in [0.25, 0.3) is 11.4 Å². The van der Waals surface area contributed by atoms with Crippen molar-refractivity contribution in [2.75, 3.05) is 11.2 Å². The third kappa shape index (κ3) is 5.00. The first kappa shape index (κ1) is 21.8. The van der Waals surface area contributed by atoms with Gasteiger partial charge >= 0.3 is 6.61 Å². The lowest BCUT2D eigenvalue weighted by molar-refractivity contribution is -0.115. The molecule has 3 aromatic rings. The number of carbonyl (C=O) groups excluding carboxylic acids is 1. The van der Waals surface area contributed by atoms with Crippen LogP contribution < -0.4 is 15.9 Å². The minimum absolute atomic E-state index is 0.0213. The summed E-state index contributed by atoms with van der Waals surface area (Å²) < 4.78 is 30.1. The van der Waals surface area contributed by atoms with Gasteiger partial charge in [0.2, 0.25) is 11.1 Å². The molecule has 0 aliphatic carbocycles. The first-order valence-electron chi connectivity index (χ1n) is 8.74. The van der Waals surface area contributed by atoms with Crippen molar-refractivity contribution in [1.29, 1.82) is 0 Å². The van der Waals surface area contributed by atoms with E-state index < -0.39 is 11.9 Å². The molecule has 2 aromatic carbocycles. The van der Waals surface area contributed by atoms with Crippen LogP contribution in [0.15, 0.2) is 47.6 Å². The van der Waals surface area contributed by atoms with Crippen LogP contribution in [0.3, 0.4) is 0 Å². The number of amides is 1. The van der Waals surface area contributed by atoms with Crippen LogP contribution in [-0.2, 0) is 4.79 Å². The highest BCUT2D eigenvalue weighted by Gasteiger charge is 2.21. The summed E-state index contributed by atoms with van der Waals surface area (Å²) in [6.45, 7) is 0.626. The summed E-state index contributed by atoms with van der Waals surface area (Å²) in [6, 6.07) is 11.1. The summed E-state index contributed by atoms with van der Waals surface area (Å²) >= 11 is 7.21. The van der Waals surface area contributed by atoms with Crippen LogP contribution in [0, 0.1) is 6.92 Å². The van der Waals surface area contributed by atoms with Gasteiger partial charge in [-0.25, -0.2) is 4.68 Å². The van der Waals surface area contributed by atoms with E-state index in [4.69, 9.17) is 17.4 Å². The topological polar surface area (TPSA) is 95.1 Å². The molecule has 0 saturated heterocycles. The Bertz CT molecular complexity index is 1050. The molecule has 1 heterocycles. The number of carbonyl (C=O) groups is 1. The van der Waals surface area contributed by atoms with Gasteiger partial charge in [-0.3, -0.25) is 4.79 Å². The number of thioether (sulfide) groups is 1. The van der Waals surface area contributed by atoms with Gasteiger partial charge in [-0.2, -0.15) is 8.78 Å². The molecule has 0 saturated carbocycles. The van der Waals surface area contributed by atoms with Gasteiger partial charge in [-0.1, -0.05) is 29.4 Å². The molecule has 0 fully saturated rings. The molecule has 1 aromatic heterocycles. The largest absolute Gasteiger partial charge is 0.435 e. The predicted molar refractivity (Wildman–Crippen MR) is 112 cm³/mol. The molecule has 30 heavy (non-hydrogen) atoms. The van der Waals surface area contributed by atoms with Crippen molar-refractivity contribution in [1.82, 2.24) is 14.9 Å². The van der Waals surface area contributed by atoms with E-state index in [9.17, 15) is 13.6 Å². The van der Waals surface area contributed by atoms with Crippen LogP contribution in [-0.4, -0.2) is 32.6 Å². The lowest BCUT2D eigenvalue weighted by Gasteiger charge is -2.13. The number of nitrogens with one attached hydrogen (secondary N) is 1. The van der Waals surface area contributed by atoms with Gasteiger partial charge < -0.3 is 15.9 Å². The van der Waals surface area contributed by atoms with Crippen molar-refractivity contribution in [3.8, 4) is 17.1 Å². The smallest absolute Gasteiger partial charge is 0.387 e. The standard InChI is InChI=1S/C19H18ClF2N5O2S/c1-10-14(20)4-3-5-15(10)24-17(28)11(2)30-19-26-25-16(27(19)23)12-6-8-13(9-7-12)29-18(21)22/h3-9,11,18H,23H2,1-2H3,(H,24,28). The van der Waals surface area contributed by atoms with E-state index in [2.05, 4.69) is 20.3 Å². The van der Waals surface area contributed by atoms with Crippen molar-refractivity contribution in [3.05, 3.63) is 53.1 Å². The Balaban J connectivity index is 1.69. The Hall–Kier alpha value is -2.85. The Labute approximate surface area is 180 Å². The van der Waals surface area contributed by atoms with Crippen molar-refractivity contribution in [2.24, 2.45) is 0 Å². The van der Waals surface area contributed by atoms with E-state index in [1.807, 2.05) is 6.92 Å². The number of nitrogens with zero attached hydrogens (tertiary/aromatic N) is 3. The number of benzene rings is 2. The number of rotatable bonds is 7. The van der Waals surface area contributed by atoms with Crippen molar-refractivity contribution >= 4 is 35.0 Å². The first-order valence-corrected chi connectivity index (χ1v) is 10.0. The van der Waals surface area contributed by atoms with Crippen LogP contribution in [0.1, 0.15) is 12.5 Å².